The molecule has 26 heavy (non-hydrogen) atoms. The molecule has 0 saturated carbocycles. The first kappa shape index (κ1) is 25.5. The lowest BCUT2D eigenvalue weighted by Crippen LogP contribution is -2.14. The van der Waals surface area contributed by atoms with Crippen molar-refractivity contribution >= 4 is 5.97 Å². The number of hydrogen-bond acceptors (Lipinski definition) is 2. The third-order valence-corrected chi connectivity index (χ3v) is 5.31. The highest BCUT2D eigenvalue weighted by atomic mass is 16.5. The zero-order valence-electron chi connectivity index (χ0n) is 18.5. The first-order valence-corrected chi connectivity index (χ1v) is 11.8. The normalized spacial score (nSPS) is 12.5. The first-order chi connectivity index (χ1) is 12.6. The Hall–Kier alpha value is -0.530. The fourth-order valence-electron chi connectivity index (χ4n) is 3.57. The molecule has 0 radical (unpaired) electrons. The molecule has 0 aliphatic heterocycles. The summed E-state index contributed by atoms with van der Waals surface area (Å²) in [6, 6.07) is 0. The topological polar surface area (TPSA) is 26.3 Å². The summed E-state index contributed by atoms with van der Waals surface area (Å²) in [5.74, 6) is 1.45. The van der Waals surface area contributed by atoms with Gasteiger partial charge in [0, 0.05) is 6.42 Å². The lowest BCUT2D eigenvalue weighted by molar-refractivity contribution is -0.145. The molecular formula is C24H48O2. The Morgan fingerprint density at radius 1 is 0.692 bits per heavy atom. The van der Waals surface area contributed by atoms with Gasteiger partial charge in [-0.3, -0.25) is 4.79 Å². The van der Waals surface area contributed by atoms with Crippen LogP contribution in [0.5, 0.6) is 0 Å². The second-order valence-electron chi connectivity index (χ2n) is 8.59. The molecule has 2 nitrogen and oxygen atoms in total. The van der Waals surface area contributed by atoms with Gasteiger partial charge in [-0.25, -0.2) is 0 Å². The van der Waals surface area contributed by atoms with Crippen LogP contribution in [0.25, 0.3) is 0 Å². The van der Waals surface area contributed by atoms with Crippen LogP contribution in [0.1, 0.15) is 130 Å². The Balaban J connectivity index is 3.49. The van der Waals surface area contributed by atoms with E-state index in [-0.39, 0.29) is 5.97 Å². The van der Waals surface area contributed by atoms with Crippen molar-refractivity contribution in [1.29, 1.82) is 0 Å². The highest BCUT2D eigenvalue weighted by molar-refractivity contribution is 5.69. The highest BCUT2D eigenvalue weighted by Crippen LogP contribution is 2.17. The molecule has 0 aromatic rings. The largest absolute Gasteiger partial charge is 0.465 e. The van der Waals surface area contributed by atoms with E-state index in [9.17, 15) is 4.79 Å². The number of esters is 1. The molecule has 0 aromatic heterocycles. The second-order valence-corrected chi connectivity index (χ2v) is 8.59. The van der Waals surface area contributed by atoms with Crippen LogP contribution in [0.15, 0.2) is 0 Å². The minimum Gasteiger partial charge on any atom is -0.465 e. The molecule has 0 fully saturated rings. The van der Waals surface area contributed by atoms with Crippen molar-refractivity contribution in [1.82, 2.24) is 0 Å². The van der Waals surface area contributed by atoms with Crippen molar-refractivity contribution < 1.29 is 9.53 Å². The van der Waals surface area contributed by atoms with Crippen LogP contribution in [0.3, 0.4) is 0 Å². The van der Waals surface area contributed by atoms with Gasteiger partial charge in [0.1, 0.15) is 0 Å². The molecular weight excluding hydrogens is 320 g/mol. The number of hydrogen-bond donors (Lipinski definition) is 0. The molecule has 156 valence electrons. The van der Waals surface area contributed by atoms with Crippen LogP contribution in [-0.2, 0) is 9.53 Å². The number of carbonyl (C=O) groups is 1. The fraction of sp³-hybridized carbons (Fsp3) is 0.958. The molecule has 0 spiro atoms. The van der Waals surface area contributed by atoms with Crippen LogP contribution >= 0.6 is 0 Å². The molecule has 0 N–H and O–H groups in total. The smallest absolute Gasteiger partial charge is 0.305 e. The Morgan fingerprint density at radius 3 is 1.85 bits per heavy atom. The molecule has 0 rings (SSSR count). The van der Waals surface area contributed by atoms with Crippen LogP contribution in [0.4, 0.5) is 0 Å². The summed E-state index contributed by atoms with van der Waals surface area (Å²) in [5, 5.41) is 0. The van der Waals surface area contributed by atoms with Gasteiger partial charge in [0.2, 0.25) is 0 Å². The Kier molecular flexibility index (Phi) is 18.8. The summed E-state index contributed by atoms with van der Waals surface area (Å²) in [5.41, 5.74) is 0. The molecule has 0 heterocycles. The maximum Gasteiger partial charge on any atom is 0.305 e. The minimum absolute atomic E-state index is 0.0234. The molecule has 0 aliphatic rings. The molecule has 1 unspecified atom stereocenters. The van der Waals surface area contributed by atoms with Gasteiger partial charge in [-0.15, -0.1) is 0 Å². The van der Waals surface area contributed by atoms with Crippen LogP contribution in [0, 0.1) is 11.8 Å². The number of rotatable bonds is 19. The molecule has 0 aliphatic carbocycles. The van der Waals surface area contributed by atoms with Crippen LogP contribution in [0.2, 0.25) is 0 Å². The SMILES string of the molecule is CCCCCC(CCC)COC(=O)CCCCCCCCCCC(C)C. The van der Waals surface area contributed by atoms with Gasteiger partial charge in [-0.05, 0) is 31.1 Å². The van der Waals surface area contributed by atoms with E-state index in [4.69, 9.17) is 4.74 Å². The molecule has 1 atom stereocenters. The maximum atomic E-state index is 11.9. The van der Waals surface area contributed by atoms with Gasteiger partial charge in [0.05, 0.1) is 6.61 Å². The van der Waals surface area contributed by atoms with E-state index in [1.54, 1.807) is 0 Å². The third kappa shape index (κ3) is 18.3. The summed E-state index contributed by atoms with van der Waals surface area (Å²) < 4.78 is 5.54. The van der Waals surface area contributed by atoms with E-state index in [0.717, 1.165) is 12.3 Å². The van der Waals surface area contributed by atoms with E-state index < -0.39 is 0 Å². The van der Waals surface area contributed by atoms with Gasteiger partial charge in [-0.2, -0.15) is 0 Å². The summed E-state index contributed by atoms with van der Waals surface area (Å²) in [7, 11) is 0. The van der Waals surface area contributed by atoms with Crippen molar-refractivity contribution in [2.45, 2.75) is 130 Å². The Bertz CT molecular complexity index is 299. The predicted octanol–water partition coefficient (Wildman–Crippen LogP) is 8.08. The van der Waals surface area contributed by atoms with E-state index in [1.165, 1.54) is 89.9 Å². The lowest BCUT2D eigenvalue weighted by atomic mass is 9.97. The van der Waals surface area contributed by atoms with E-state index >= 15 is 0 Å². The number of carbonyl (C=O) groups excluding carboxylic acids is 1. The van der Waals surface area contributed by atoms with Gasteiger partial charge in [-0.1, -0.05) is 105 Å². The quantitative estimate of drug-likeness (QED) is 0.170. The summed E-state index contributed by atoms with van der Waals surface area (Å²) in [4.78, 5) is 11.9. The second kappa shape index (κ2) is 19.2. The van der Waals surface area contributed by atoms with Crippen molar-refractivity contribution in [2.24, 2.45) is 11.8 Å². The van der Waals surface area contributed by atoms with Crippen molar-refractivity contribution in [3.05, 3.63) is 0 Å². The summed E-state index contributed by atoms with van der Waals surface area (Å²) in [6.07, 6.45) is 19.7. The summed E-state index contributed by atoms with van der Waals surface area (Å²) >= 11 is 0. The number of ether oxygens (including phenoxy) is 1. The molecule has 0 saturated heterocycles. The molecule has 0 bridgehead atoms. The molecule has 0 aromatic carbocycles. The Morgan fingerprint density at radius 2 is 1.27 bits per heavy atom. The summed E-state index contributed by atoms with van der Waals surface area (Å²) in [6.45, 7) is 9.72. The average Bonchev–Trinajstić information content (AvgIpc) is 2.61. The van der Waals surface area contributed by atoms with Crippen LogP contribution < -0.4 is 0 Å². The predicted molar refractivity (Wildman–Crippen MR) is 115 cm³/mol. The van der Waals surface area contributed by atoms with Crippen molar-refractivity contribution in [3.8, 4) is 0 Å². The highest BCUT2D eigenvalue weighted by Gasteiger charge is 2.11. The average molecular weight is 369 g/mol. The van der Waals surface area contributed by atoms with Crippen molar-refractivity contribution in [3.63, 3.8) is 0 Å². The maximum absolute atomic E-state index is 11.9. The minimum atomic E-state index is 0.0234. The third-order valence-electron chi connectivity index (χ3n) is 5.31. The van der Waals surface area contributed by atoms with Crippen molar-refractivity contribution in [2.75, 3.05) is 6.61 Å². The number of unbranched alkanes of at least 4 members (excludes halogenated alkanes) is 9. The van der Waals surface area contributed by atoms with E-state index in [1.807, 2.05) is 0 Å². The van der Waals surface area contributed by atoms with Crippen LogP contribution in [-0.4, -0.2) is 12.6 Å². The fourth-order valence-corrected chi connectivity index (χ4v) is 3.57. The van der Waals surface area contributed by atoms with Gasteiger partial charge in [0.15, 0.2) is 0 Å². The first-order valence-electron chi connectivity index (χ1n) is 11.8. The molecule has 2 heteroatoms. The zero-order chi connectivity index (χ0) is 19.5. The lowest BCUT2D eigenvalue weighted by Gasteiger charge is -2.16. The Labute approximate surface area is 164 Å². The molecule has 0 amide bonds. The van der Waals surface area contributed by atoms with Gasteiger partial charge < -0.3 is 4.74 Å². The van der Waals surface area contributed by atoms with Gasteiger partial charge >= 0.3 is 5.97 Å². The van der Waals surface area contributed by atoms with E-state index in [0.29, 0.717) is 18.9 Å². The van der Waals surface area contributed by atoms with E-state index in [2.05, 4.69) is 27.7 Å². The zero-order valence-corrected chi connectivity index (χ0v) is 18.5. The van der Waals surface area contributed by atoms with Gasteiger partial charge in [0.25, 0.3) is 0 Å². The standard InChI is InChI=1S/C24H48O2/c1-5-7-14-19-23(17-6-2)21-26-24(25)20-16-13-11-9-8-10-12-15-18-22(3)4/h22-23H,5-21H2,1-4H3. The monoisotopic (exact) mass is 368 g/mol.